The van der Waals surface area contributed by atoms with Crippen molar-refractivity contribution in [2.24, 2.45) is 0 Å². The molecule has 1 N–H and O–H groups in total. The average molecular weight is 485 g/mol. The molecule has 0 heterocycles. The molecule has 0 aliphatic carbocycles. The third-order valence-corrected chi connectivity index (χ3v) is 7.12. The van der Waals surface area contributed by atoms with E-state index >= 15 is 0 Å². The third-order valence-electron chi connectivity index (χ3n) is 5.98. The molecule has 0 fully saturated rings. The van der Waals surface area contributed by atoms with E-state index in [0.717, 1.165) is 33.5 Å². The smallest absolute Gasteiger partial charge is 0.255 e. The summed E-state index contributed by atoms with van der Waals surface area (Å²) in [5, 5.41) is 3.00. The van der Waals surface area contributed by atoms with Crippen LogP contribution < -0.4 is 9.62 Å². The topological polar surface area (TPSA) is 66.5 Å². The number of hydrogen-bond acceptors (Lipinski definition) is 3. The van der Waals surface area contributed by atoms with Crippen LogP contribution in [0.5, 0.6) is 0 Å². The lowest BCUT2D eigenvalue weighted by Gasteiger charge is -2.23. The quantitative estimate of drug-likeness (QED) is 0.340. The highest BCUT2D eigenvalue weighted by Gasteiger charge is 2.19. The highest BCUT2D eigenvalue weighted by molar-refractivity contribution is 7.92. The van der Waals surface area contributed by atoms with Crippen molar-refractivity contribution in [3.05, 3.63) is 119 Å². The Morgan fingerprint density at radius 1 is 0.800 bits per heavy atom. The number of hydrogen-bond donors (Lipinski definition) is 1. The molecule has 0 bridgehead atoms. The Bertz CT molecular complexity index is 1450. The Balaban J connectivity index is 1.53. The number of sulfonamides is 1. The maximum Gasteiger partial charge on any atom is 0.255 e. The highest BCUT2D eigenvalue weighted by atomic mass is 32.2. The minimum Gasteiger partial charge on any atom is -0.321 e. The lowest BCUT2D eigenvalue weighted by molar-refractivity contribution is 0.102. The number of nitrogens with one attached hydrogen (secondary N) is 1. The van der Waals surface area contributed by atoms with E-state index in [2.05, 4.69) is 5.32 Å². The number of carbonyl (C=O) groups is 1. The van der Waals surface area contributed by atoms with Gasteiger partial charge in [0.25, 0.3) is 5.91 Å². The summed E-state index contributed by atoms with van der Waals surface area (Å²) in [7, 11) is -3.49. The predicted molar refractivity (Wildman–Crippen MR) is 143 cm³/mol. The van der Waals surface area contributed by atoms with Crippen LogP contribution in [-0.4, -0.2) is 20.6 Å². The SMILES string of the molecule is Cc1ccc(N(Cc2ccc(C(=O)Nc3ccccc3-c3ccccc3)cc2)S(C)(=O)=O)cc1C. The van der Waals surface area contributed by atoms with Crippen molar-refractivity contribution < 1.29 is 13.2 Å². The first-order valence-electron chi connectivity index (χ1n) is 11.3. The molecule has 0 saturated heterocycles. The standard InChI is InChI=1S/C29H28N2O3S/c1-21-13-18-26(19-22(21)2)31(35(3,33)34)20-23-14-16-25(17-15-23)29(32)30-28-12-8-7-11-27(28)24-9-5-4-6-10-24/h4-19H,20H2,1-3H3,(H,30,32). The molecule has 4 aromatic rings. The van der Waals surface area contributed by atoms with Crippen LogP contribution in [0.15, 0.2) is 97.1 Å². The molecular formula is C29H28N2O3S. The van der Waals surface area contributed by atoms with Crippen molar-refractivity contribution >= 4 is 27.3 Å². The van der Waals surface area contributed by atoms with E-state index < -0.39 is 10.0 Å². The van der Waals surface area contributed by atoms with Gasteiger partial charge in [-0.2, -0.15) is 0 Å². The van der Waals surface area contributed by atoms with Gasteiger partial charge in [-0.1, -0.05) is 66.7 Å². The maximum atomic E-state index is 13.0. The zero-order valence-electron chi connectivity index (χ0n) is 20.0. The third kappa shape index (κ3) is 5.78. The molecule has 0 unspecified atom stereocenters. The van der Waals surface area contributed by atoms with Gasteiger partial charge in [0.1, 0.15) is 0 Å². The number of rotatable bonds is 7. The first-order valence-corrected chi connectivity index (χ1v) is 13.2. The fourth-order valence-corrected chi connectivity index (χ4v) is 4.74. The molecule has 6 heteroatoms. The lowest BCUT2D eigenvalue weighted by Crippen LogP contribution is -2.29. The van der Waals surface area contributed by atoms with Gasteiger partial charge in [0.2, 0.25) is 10.0 Å². The number of para-hydroxylation sites is 1. The molecule has 0 aliphatic rings. The zero-order valence-corrected chi connectivity index (χ0v) is 20.8. The van der Waals surface area contributed by atoms with E-state index in [-0.39, 0.29) is 12.5 Å². The summed E-state index contributed by atoms with van der Waals surface area (Å²) >= 11 is 0. The predicted octanol–water partition coefficient (Wildman–Crippen LogP) is 6.19. The fraction of sp³-hybridized carbons (Fsp3) is 0.138. The number of anilines is 2. The highest BCUT2D eigenvalue weighted by Crippen LogP contribution is 2.28. The molecule has 4 aromatic carbocycles. The van der Waals surface area contributed by atoms with Gasteiger partial charge in [-0.05, 0) is 66.4 Å². The fourth-order valence-electron chi connectivity index (χ4n) is 3.86. The van der Waals surface area contributed by atoms with E-state index in [1.54, 1.807) is 24.3 Å². The summed E-state index contributed by atoms with van der Waals surface area (Å²) in [4.78, 5) is 13.0. The largest absolute Gasteiger partial charge is 0.321 e. The van der Waals surface area contributed by atoms with Crippen LogP contribution in [0.1, 0.15) is 27.0 Å². The average Bonchev–Trinajstić information content (AvgIpc) is 2.85. The summed E-state index contributed by atoms with van der Waals surface area (Å²) in [6.07, 6.45) is 1.20. The second kappa shape index (κ2) is 10.2. The van der Waals surface area contributed by atoms with Crippen LogP contribution >= 0.6 is 0 Å². The number of nitrogens with zero attached hydrogens (tertiary/aromatic N) is 1. The Kier molecular flexibility index (Phi) is 7.03. The minimum atomic E-state index is -3.49. The lowest BCUT2D eigenvalue weighted by atomic mass is 10.0. The molecule has 1 amide bonds. The van der Waals surface area contributed by atoms with E-state index in [4.69, 9.17) is 0 Å². The van der Waals surface area contributed by atoms with Crippen LogP contribution in [0.25, 0.3) is 11.1 Å². The van der Waals surface area contributed by atoms with E-state index in [1.165, 1.54) is 10.6 Å². The van der Waals surface area contributed by atoms with Gasteiger partial charge in [-0.25, -0.2) is 8.42 Å². The van der Waals surface area contributed by atoms with Crippen LogP contribution in [0, 0.1) is 13.8 Å². The molecule has 0 saturated carbocycles. The van der Waals surface area contributed by atoms with E-state index in [1.807, 2.05) is 86.6 Å². The summed E-state index contributed by atoms with van der Waals surface area (Å²) < 4.78 is 26.4. The molecule has 178 valence electrons. The van der Waals surface area contributed by atoms with Crippen LogP contribution in [0.2, 0.25) is 0 Å². The molecule has 0 atom stereocenters. The van der Waals surface area contributed by atoms with Crippen molar-refractivity contribution in [3.8, 4) is 11.1 Å². The van der Waals surface area contributed by atoms with E-state index in [0.29, 0.717) is 11.3 Å². The van der Waals surface area contributed by atoms with Gasteiger partial charge in [-0.3, -0.25) is 9.10 Å². The van der Waals surface area contributed by atoms with Crippen LogP contribution in [-0.2, 0) is 16.6 Å². The number of aryl methyl sites for hydroxylation is 2. The Morgan fingerprint density at radius 3 is 2.11 bits per heavy atom. The maximum absolute atomic E-state index is 13.0. The van der Waals surface area contributed by atoms with Crippen LogP contribution in [0.3, 0.4) is 0 Å². The summed E-state index contributed by atoms with van der Waals surface area (Å²) in [6, 6.07) is 30.2. The molecule has 0 spiro atoms. The number of amides is 1. The van der Waals surface area contributed by atoms with Gasteiger partial charge in [0, 0.05) is 16.8 Å². The van der Waals surface area contributed by atoms with Crippen molar-refractivity contribution in [3.63, 3.8) is 0 Å². The second-order valence-electron chi connectivity index (χ2n) is 8.60. The van der Waals surface area contributed by atoms with Crippen molar-refractivity contribution in [1.29, 1.82) is 0 Å². The Hall–Kier alpha value is -3.90. The molecule has 5 nitrogen and oxygen atoms in total. The minimum absolute atomic E-state index is 0.181. The van der Waals surface area contributed by atoms with Gasteiger partial charge in [-0.15, -0.1) is 0 Å². The Labute approximate surface area is 207 Å². The summed E-state index contributed by atoms with van der Waals surface area (Å²) in [5.41, 5.74) is 6.72. The summed E-state index contributed by atoms with van der Waals surface area (Å²) in [5.74, 6) is -0.228. The normalized spacial score (nSPS) is 11.2. The van der Waals surface area contributed by atoms with Gasteiger partial charge in [0.15, 0.2) is 0 Å². The first kappa shape index (κ1) is 24.2. The monoisotopic (exact) mass is 484 g/mol. The molecule has 0 aromatic heterocycles. The zero-order chi connectivity index (χ0) is 25.0. The Morgan fingerprint density at radius 2 is 1.46 bits per heavy atom. The number of carbonyl (C=O) groups excluding carboxylic acids is 1. The van der Waals surface area contributed by atoms with Gasteiger partial charge < -0.3 is 5.32 Å². The molecule has 0 radical (unpaired) electrons. The number of benzene rings is 4. The van der Waals surface area contributed by atoms with Crippen molar-refractivity contribution in [2.75, 3.05) is 15.9 Å². The van der Waals surface area contributed by atoms with Crippen molar-refractivity contribution in [2.45, 2.75) is 20.4 Å². The molecule has 0 aliphatic heterocycles. The molecule has 4 rings (SSSR count). The molecule has 35 heavy (non-hydrogen) atoms. The summed E-state index contributed by atoms with van der Waals surface area (Å²) in [6.45, 7) is 4.13. The first-order chi connectivity index (χ1) is 16.7. The molecular weight excluding hydrogens is 456 g/mol. The second-order valence-corrected chi connectivity index (χ2v) is 10.5. The van der Waals surface area contributed by atoms with Crippen LogP contribution in [0.4, 0.5) is 11.4 Å². The van der Waals surface area contributed by atoms with E-state index in [9.17, 15) is 13.2 Å². The van der Waals surface area contributed by atoms with Crippen molar-refractivity contribution in [1.82, 2.24) is 0 Å². The van der Waals surface area contributed by atoms with Gasteiger partial charge >= 0.3 is 0 Å². The van der Waals surface area contributed by atoms with Gasteiger partial charge in [0.05, 0.1) is 18.5 Å².